The van der Waals surface area contributed by atoms with Gasteiger partial charge in [-0.1, -0.05) is 0 Å². The van der Waals surface area contributed by atoms with Crippen LogP contribution in [0.2, 0.25) is 0 Å². The van der Waals surface area contributed by atoms with Gasteiger partial charge in [0, 0.05) is 0 Å². The quantitative estimate of drug-likeness (QED) is 0.376. The van der Waals surface area contributed by atoms with Crippen molar-refractivity contribution in [1.29, 1.82) is 0 Å². The normalized spacial score (nSPS) is 9.00. The Kier molecular flexibility index (Phi) is 4.90. The Hall–Kier alpha value is 0.449. The first kappa shape index (κ1) is 7.45. The summed E-state index contributed by atoms with van der Waals surface area (Å²) in [6, 6.07) is 0. The van der Waals surface area contributed by atoms with E-state index >= 15 is 0 Å². The molecular formula is C4H4AlGaO. The average molecular weight is 165 g/mol. The van der Waals surface area contributed by atoms with Gasteiger partial charge in [0.1, 0.15) is 0 Å². The van der Waals surface area contributed by atoms with Crippen LogP contribution in [0.5, 0.6) is 0 Å². The number of carbonyl (C=O) groups excluding carboxylic acids is 1. The van der Waals surface area contributed by atoms with Gasteiger partial charge in [0.15, 0.2) is 0 Å². The number of rotatable bonds is 2. The van der Waals surface area contributed by atoms with Gasteiger partial charge in [-0.05, 0) is 0 Å². The molecule has 7 heavy (non-hydrogen) atoms. The van der Waals surface area contributed by atoms with Gasteiger partial charge in [-0.15, -0.1) is 0 Å². The van der Waals surface area contributed by atoms with Crippen LogP contribution < -0.4 is 0 Å². The zero-order valence-corrected chi connectivity index (χ0v) is 8.05. The van der Waals surface area contributed by atoms with E-state index in [0.717, 1.165) is 18.6 Å². The summed E-state index contributed by atoms with van der Waals surface area (Å²) in [7, 11) is 0. The molecule has 0 aromatic rings. The van der Waals surface area contributed by atoms with E-state index in [-0.39, 0.29) is 4.34 Å². The Morgan fingerprint density at radius 1 is 1.71 bits per heavy atom. The number of allylic oxidation sites excluding steroid dienone is 2. The molecule has 0 N–H and O–H groups in total. The van der Waals surface area contributed by atoms with Crippen molar-refractivity contribution in [3.63, 3.8) is 0 Å². The summed E-state index contributed by atoms with van der Waals surface area (Å²) in [5, 5.41) is 0. The standard InChI is InChI=1S/C4H3O.Al.Ga.H/c1-2-3-4-5;;;/h1-3H;;;. The van der Waals surface area contributed by atoms with Gasteiger partial charge in [-0.2, -0.15) is 0 Å². The molecule has 3 heteroatoms. The van der Waals surface area contributed by atoms with Crippen molar-refractivity contribution in [2.45, 2.75) is 0 Å². The van der Waals surface area contributed by atoms with E-state index in [4.69, 9.17) is 0 Å². The van der Waals surface area contributed by atoms with Crippen molar-refractivity contribution in [2.24, 2.45) is 0 Å². The van der Waals surface area contributed by atoms with Crippen molar-refractivity contribution in [1.82, 2.24) is 0 Å². The Labute approximate surface area is 60.7 Å². The molecule has 0 bridgehead atoms. The molecule has 0 saturated carbocycles. The minimum atomic E-state index is 0.207. The topological polar surface area (TPSA) is 17.1 Å². The number of hydrogen-bond acceptors (Lipinski definition) is 1. The first-order chi connectivity index (χ1) is 3.27. The Bertz CT molecular complexity index is 108. The van der Waals surface area contributed by atoms with Gasteiger partial charge in [-0.25, -0.2) is 0 Å². The van der Waals surface area contributed by atoms with Gasteiger partial charge in [0.25, 0.3) is 0 Å². The maximum atomic E-state index is 10.1. The minimum absolute atomic E-state index is 0.207. The maximum absolute atomic E-state index is 10.1. The van der Waals surface area contributed by atoms with Crippen LogP contribution in [0.1, 0.15) is 0 Å². The summed E-state index contributed by atoms with van der Waals surface area (Å²) in [5.41, 5.74) is 0. The Morgan fingerprint density at radius 2 is 2.29 bits per heavy atom. The molecular weight excluding hydrogens is 161 g/mol. The molecule has 2 radical (unpaired) electrons. The Morgan fingerprint density at radius 3 is 2.43 bits per heavy atom. The molecule has 0 heterocycles. The van der Waals surface area contributed by atoms with E-state index in [0.29, 0.717) is 0 Å². The second-order valence-electron chi connectivity index (χ2n) is 1.02. The average Bonchev–Trinajstić information content (AvgIpc) is 1.61. The molecule has 0 spiro atoms. The van der Waals surface area contributed by atoms with Crippen LogP contribution in [-0.2, 0) is 4.79 Å². The Balaban J connectivity index is 3.46. The predicted octanol–water partition coefficient (Wildman–Crippen LogP) is -1.06. The summed E-state index contributed by atoms with van der Waals surface area (Å²) >= 11 is 3.11. The first-order valence-electron chi connectivity index (χ1n) is 1.85. The monoisotopic (exact) mass is 164 g/mol. The second kappa shape index (κ2) is 4.60. The summed E-state index contributed by atoms with van der Waals surface area (Å²) in [5.74, 6) is 0. The molecule has 0 saturated heterocycles. The van der Waals surface area contributed by atoms with Crippen molar-refractivity contribution < 1.29 is 4.79 Å². The second-order valence-corrected chi connectivity index (χ2v) is 2.86. The zero-order chi connectivity index (χ0) is 5.70. The molecule has 0 rings (SSSR count). The molecule has 0 atom stereocenters. The van der Waals surface area contributed by atoms with E-state index in [1.165, 1.54) is 0 Å². The molecule has 0 aliphatic heterocycles. The fourth-order valence-electron chi connectivity index (χ4n) is 0.163. The molecule has 0 aromatic heterocycles. The van der Waals surface area contributed by atoms with Gasteiger partial charge >= 0.3 is 60.6 Å². The van der Waals surface area contributed by atoms with Crippen LogP contribution in [0.15, 0.2) is 12.2 Å². The SMILES string of the molecule is O=[C]([GaH])C=C[CH]=[Al]. The van der Waals surface area contributed by atoms with Crippen LogP contribution in [0.3, 0.4) is 0 Å². The molecule has 1 nitrogen and oxygen atoms in total. The first-order valence-corrected chi connectivity index (χ1v) is 4.00. The molecule has 0 unspecified atom stereocenters. The number of carbonyl (C=O) groups is 1. The van der Waals surface area contributed by atoms with Crippen molar-refractivity contribution in [3.05, 3.63) is 12.2 Å². The summed E-state index contributed by atoms with van der Waals surface area (Å²) < 4.78 is 0.207. The summed E-state index contributed by atoms with van der Waals surface area (Å²) in [6.07, 6.45) is 3.28. The number of hydrogen-bond donors (Lipinski definition) is 0. The zero-order valence-electron chi connectivity index (χ0n) is 3.92. The van der Waals surface area contributed by atoms with E-state index in [1.807, 2.05) is 0 Å². The van der Waals surface area contributed by atoms with Crippen LogP contribution in [0.4, 0.5) is 0 Å². The fraction of sp³-hybridized carbons (Fsp3) is 0. The van der Waals surface area contributed by atoms with Crippen LogP contribution in [-0.4, -0.2) is 43.7 Å². The van der Waals surface area contributed by atoms with Crippen molar-refractivity contribution in [2.75, 3.05) is 0 Å². The summed E-state index contributed by atoms with van der Waals surface area (Å²) in [6.45, 7) is 0. The van der Waals surface area contributed by atoms with Gasteiger partial charge in [-0.3, -0.25) is 0 Å². The van der Waals surface area contributed by atoms with Crippen molar-refractivity contribution >= 4 is 43.7 Å². The molecule has 32 valence electrons. The van der Waals surface area contributed by atoms with E-state index in [9.17, 15) is 4.79 Å². The third-order valence-corrected chi connectivity index (χ3v) is 1.11. The molecule has 0 aliphatic carbocycles. The van der Waals surface area contributed by atoms with Crippen LogP contribution in [0.25, 0.3) is 0 Å². The van der Waals surface area contributed by atoms with E-state index in [1.54, 1.807) is 17.0 Å². The van der Waals surface area contributed by atoms with Gasteiger partial charge in [0.05, 0.1) is 0 Å². The molecule has 0 fully saturated rings. The van der Waals surface area contributed by atoms with E-state index in [2.05, 4.69) is 15.9 Å². The predicted molar refractivity (Wildman–Crippen MR) is 33.1 cm³/mol. The third-order valence-electron chi connectivity index (χ3n) is 0.393. The van der Waals surface area contributed by atoms with Gasteiger partial charge in [0.2, 0.25) is 0 Å². The van der Waals surface area contributed by atoms with Crippen LogP contribution in [0, 0.1) is 0 Å². The molecule has 0 aromatic carbocycles. The molecule has 0 amide bonds. The fourth-order valence-corrected chi connectivity index (χ4v) is 0.560. The summed E-state index contributed by atoms with van der Waals surface area (Å²) in [4.78, 5) is 11.9. The molecule has 0 aliphatic rings. The third kappa shape index (κ3) is 6.45. The van der Waals surface area contributed by atoms with Crippen molar-refractivity contribution in [3.8, 4) is 0 Å². The van der Waals surface area contributed by atoms with Gasteiger partial charge < -0.3 is 0 Å². The van der Waals surface area contributed by atoms with E-state index < -0.39 is 0 Å². The van der Waals surface area contributed by atoms with Crippen LogP contribution >= 0.6 is 0 Å².